The molecule has 1 aliphatic rings. The second-order valence-corrected chi connectivity index (χ2v) is 8.64. The Morgan fingerprint density at radius 2 is 1.79 bits per heavy atom. The SMILES string of the molecule is Cc1ccc2nc(N(CCN3CCOCC3)C(=O)c3cc([N+](=O)[O-])cc([N+](=O)[O-])c3)sc2c1. The van der Waals surface area contributed by atoms with Crippen LogP contribution >= 0.6 is 11.3 Å². The van der Waals surface area contributed by atoms with Crippen molar-refractivity contribution in [1.82, 2.24) is 9.88 Å². The van der Waals surface area contributed by atoms with Gasteiger partial charge in [0.15, 0.2) is 5.13 Å². The molecule has 172 valence electrons. The van der Waals surface area contributed by atoms with Gasteiger partial charge in [-0.15, -0.1) is 0 Å². The molecule has 0 atom stereocenters. The summed E-state index contributed by atoms with van der Waals surface area (Å²) in [5.74, 6) is -0.578. The Labute approximate surface area is 192 Å². The van der Waals surface area contributed by atoms with Gasteiger partial charge in [0.1, 0.15) is 0 Å². The van der Waals surface area contributed by atoms with E-state index in [0.717, 1.165) is 47.1 Å². The minimum Gasteiger partial charge on any atom is -0.379 e. The molecule has 0 bridgehead atoms. The molecule has 0 aliphatic carbocycles. The van der Waals surface area contributed by atoms with E-state index in [1.165, 1.54) is 16.2 Å². The summed E-state index contributed by atoms with van der Waals surface area (Å²) in [5, 5.41) is 23.0. The van der Waals surface area contributed by atoms with Gasteiger partial charge in [0.25, 0.3) is 17.3 Å². The number of hydrogen-bond acceptors (Lipinski definition) is 9. The van der Waals surface area contributed by atoms with Crippen molar-refractivity contribution in [3.05, 3.63) is 67.8 Å². The number of ether oxygens (including phenoxy) is 1. The number of thiazole rings is 1. The molecule has 0 N–H and O–H groups in total. The Hall–Kier alpha value is -3.48. The van der Waals surface area contributed by atoms with Crippen LogP contribution in [0.15, 0.2) is 36.4 Å². The maximum atomic E-state index is 13.5. The molecule has 1 aromatic heterocycles. The fraction of sp³-hybridized carbons (Fsp3) is 0.333. The lowest BCUT2D eigenvalue weighted by Crippen LogP contribution is -2.43. The maximum absolute atomic E-state index is 13.5. The smallest absolute Gasteiger partial charge is 0.277 e. The predicted molar refractivity (Wildman–Crippen MR) is 123 cm³/mol. The van der Waals surface area contributed by atoms with Crippen molar-refractivity contribution in [3.63, 3.8) is 0 Å². The van der Waals surface area contributed by atoms with Crippen LogP contribution in [0.3, 0.4) is 0 Å². The summed E-state index contributed by atoms with van der Waals surface area (Å²) in [7, 11) is 0. The number of amides is 1. The molecular formula is C21H21N5O6S. The van der Waals surface area contributed by atoms with Gasteiger partial charge >= 0.3 is 0 Å². The van der Waals surface area contributed by atoms with Crippen LogP contribution in [0.1, 0.15) is 15.9 Å². The van der Waals surface area contributed by atoms with E-state index in [0.29, 0.717) is 24.9 Å². The first-order valence-corrected chi connectivity index (χ1v) is 11.1. The predicted octanol–water partition coefficient (Wildman–Crippen LogP) is 3.40. The number of benzene rings is 2. The fourth-order valence-electron chi connectivity index (χ4n) is 3.57. The number of carbonyl (C=O) groups is 1. The largest absolute Gasteiger partial charge is 0.379 e. The van der Waals surface area contributed by atoms with Crippen molar-refractivity contribution in [2.24, 2.45) is 0 Å². The van der Waals surface area contributed by atoms with Crippen molar-refractivity contribution in [1.29, 1.82) is 0 Å². The monoisotopic (exact) mass is 471 g/mol. The first kappa shape index (κ1) is 22.7. The van der Waals surface area contributed by atoms with Gasteiger partial charge < -0.3 is 4.74 Å². The molecule has 2 aromatic carbocycles. The molecule has 2 heterocycles. The van der Waals surface area contributed by atoms with E-state index >= 15 is 0 Å². The molecule has 0 saturated carbocycles. The summed E-state index contributed by atoms with van der Waals surface area (Å²) >= 11 is 1.33. The molecule has 0 radical (unpaired) electrons. The molecule has 12 heteroatoms. The number of carbonyl (C=O) groups excluding carboxylic acids is 1. The molecule has 1 amide bonds. The zero-order chi connectivity index (χ0) is 23.5. The van der Waals surface area contributed by atoms with Crippen LogP contribution in [0.25, 0.3) is 10.2 Å². The highest BCUT2D eigenvalue weighted by atomic mass is 32.1. The minimum atomic E-state index is -0.748. The maximum Gasteiger partial charge on any atom is 0.277 e. The van der Waals surface area contributed by atoms with Gasteiger partial charge in [-0.3, -0.25) is 34.8 Å². The molecule has 11 nitrogen and oxygen atoms in total. The van der Waals surface area contributed by atoms with Crippen molar-refractivity contribution in [2.75, 3.05) is 44.3 Å². The van der Waals surface area contributed by atoms with Gasteiger partial charge in [0.2, 0.25) is 0 Å². The lowest BCUT2D eigenvalue weighted by molar-refractivity contribution is -0.394. The van der Waals surface area contributed by atoms with Crippen LogP contribution < -0.4 is 4.90 Å². The number of non-ortho nitro benzene ring substituents is 2. The Bertz CT molecular complexity index is 1190. The third-order valence-electron chi connectivity index (χ3n) is 5.32. The summed E-state index contributed by atoms with van der Waals surface area (Å²) in [6, 6.07) is 8.74. The number of nitrogens with zero attached hydrogens (tertiary/aromatic N) is 5. The van der Waals surface area contributed by atoms with Crippen LogP contribution in [0.2, 0.25) is 0 Å². The zero-order valence-corrected chi connectivity index (χ0v) is 18.6. The molecule has 4 rings (SSSR count). The van der Waals surface area contributed by atoms with Gasteiger partial charge in [-0.2, -0.15) is 0 Å². The first-order valence-electron chi connectivity index (χ1n) is 10.2. The van der Waals surface area contributed by atoms with E-state index in [-0.39, 0.29) is 12.1 Å². The van der Waals surface area contributed by atoms with E-state index in [1.54, 1.807) is 0 Å². The third-order valence-corrected chi connectivity index (χ3v) is 6.36. The summed E-state index contributed by atoms with van der Waals surface area (Å²) in [6.45, 7) is 5.43. The van der Waals surface area contributed by atoms with Crippen molar-refractivity contribution >= 4 is 44.0 Å². The highest BCUT2D eigenvalue weighted by molar-refractivity contribution is 7.22. The lowest BCUT2D eigenvalue weighted by atomic mass is 10.1. The second kappa shape index (κ2) is 9.57. The number of anilines is 1. The van der Waals surface area contributed by atoms with Gasteiger partial charge in [-0.1, -0.05) is 17.4 Å². The van der Waals surface area contributed by atoms with Crippen LogP contribution in [-0.4, -0.2) is 65.0 Å². The second-order valence-electron chi connectivity index (χ2n) is 7.63. The summed E-state index contributed by atoms with van der Waals surface area (Å²) in [4.78, 5) is 42.8. The quantitative estimate of drug-likeness (QED) is 0.378. The van der Waals surface area contributed by atoms with Crippen molar-refractivity contribution in [3.8, 4) is 0 Å². The van der Waals surface area contributed by atoms with Crippen LogP contribution in [0.4, 0.5) is 16.5 Å². The lowest BCUT2D eigenvalue weighted by Gasteiger charge is -2.29. The van der Waals surface area contributed by atoms with E-state index < -0.39 is 27.1 Å². The van der Waals surface area contributed by atoms with E-state index in [1.807, 2.05) is 25.1 Å². The van der Waals surface area contributed by atoms with Gasteiger partial charge in [0, 0.05) is 38.3 Å². The van der Waals surface area contributed by atoms with Gasteiger partial charge in [-0.25, -0.2) is 4.98 Å². The molecule has 33 heavy (non-hydrogen) atoms. The Morgan fingerprint density at radius 1 is 1.12 bits per heavy atom. The number of hydrogen-bond donors (Lipinski definition) is 0. The number of aromatic nitrogens is 1. The number of fused-ring (bicyclic) bond motifs is 1. The van der Waals surface area contributed by atoms with Crippen LogP contribution in [0.5, 0.6) is 0 Å². The molecule has 1 saturated heterocycles. The summed E-state index contributed by atoms with van der Waals surface area (Å²) < 4.78 is 6.27. The zero-order valence-electron chi connectivity index (χ0n) is 17.8. The fourth-order valence-corrected chi connectivity index (χ4v) is 4.66. The Balaban J connectivity index is 1.72. The molecule has 1 aliphatic heterocycles. The highest BCUT2D eigenvalue weighted by Gasteiger charge is 2.27. The van der Waals surface area contributed by atoms with E-state index in [4.69, 9.17) is 4.74 Å². The highest BCUT2D eigenvalue weighted by Crippen LogP contribution is 2.31. The molecular weight excluding hydrogens is 450 g/mol. The summed E-state index contributed by atoms with van der Waals surface area (Å²) in [5.41, 5.74) is 0.627. The van der Waals surface area contributed by atoms with E-state index in [9.17, 15) is 25.0 Å². The molecule has 3 aromatic rings. The van der Waals surface area contributed by atoms with Crippen LogP contribution in [0, 0.1) is 27.2 Å². The number of aryl methyl sites for hydroxylation is 1. The average Bonchev–Trinajstić information content (AvgIpc) is 3.22. The number of nitro groups is 2. The molecule has 0 unspecified atom stereocenters. The van der Waals surface area contributed by atoms with Crippen molar-refractivity contribution < 1.29 is 19.4 Å². The molecule has 1 fully saturated rings. The summed E-state index contributed by atoms with van der Waals surface area (Å²) in [6.07, 6.45) is 0. The molecule has 0 spiro atoms. The first-order chi connectivity index (χ1) is 15.8. The Kier molecular flexibility index (Phi) is 6.58. The van der Waals surface area contributed by atoms with Gasteiger partial charge in [-0.05, 0) is 24.6 Å². The standard InChI is InChI=1S/C21H21N5O6S/c1-14-2-3-18-19(10-14)33-21(22-18)24(5-4-23-6-8-32-9-7-23)20(27)15-11-16(25(28)29)13-17(12-15)26(30)31/h2-3,10-13H,4-9H2,1H3. The number of nitro benzene ring substituents is 2. The van der Waals surface area contributed by atoms with Crippen molar-refractivity contribution in [2.45, 2.75) is 6.92 Å². The minimum absolute atomic E-state index is 0.131. The number of morpholine rings is 1. The van der Waals surface area contributed by atoms with Gasteiger partial charge in [0.05, 0.1) is 44.9 Å². The van der Waals surface area contributed by atoms with E-state index in [2.05, 4.69) is 9.88 Å². The average molecular weight is 471 g/mol. The topological polar surface area (TPSA) is 132 Å². The Morgan fingerprint density at radius 3 is 2.42 bits per heavy atom. The van der Waals surface area contributed by atoms with Crippen LogP contribution in [-0.2, 0) is 4.74 Å². The normalized spacial score (nSPS) is 14.3. The third kappa shape index (κ3) is 5.13. The number of rotatable bonds is 7.